The molecule has 0 atom stereocenters. The van der Waals surface area contributed by atoms with E-state index in [-0.39, 0.29) is 17.6 Å². The fraction of sp³-hybridized carbons (Fsp3) is 0.286. The molecule has 0 spiro atoms. The van der Waals surface area contributed by atoms with E-state index in [4.69, 9.17) is 14.6 Å². The normalized spacial score (nSPS) is 12.3. The number of rotatable bonds is 6. The van der Waals surface area contributed by atoms with Gasteiger partial charge in [0.2, 0.25) is 0 Å². The van der Waals surface area contributed by atoms with Crippen molar-refractivity contribution in [2.24, 2.45) is 5.41 Å². The van der Waals surface area contributed by atoms with E-state index in [1.807, 2.05) is 66.7 Å². The first-order valence-electron chi connectivity index (χ1n) is 11.7. The maximum atomic E-state index is 6.32. The Morgan fingerprint density at radius 1 is 0.857 bits per heavy atom. The van der Waals surface area contributed by atoms with E-state index < -0.39 is 0 Å². The highest BCUT2D eigenvalue weighted by atomic mass is 16.5. The molecule has 0 saturated heterocycles. The first kappa shape index (κ1) is 22.8. The molecule has 0 N–H and O–H groups in total. The molecule has 0 unspecified atom stereocenters. The van der Waals surface area contributed by atoms with E-state index >= 15 is 0 Å². The molecule has 5 aromatic rings. The van der Waals surface area contributed by atoms with Gasteiger partial charge in [0.15, 0.2) is 11.5 Å². The van der Waals surface area contributed by atoms with E-state index in [9.17, 15) is 0 Å². The number of hydrogen-bond acceptors (Lipinski definition) is 6. The van der Waals surface area contributed by atoms with E-state index in [1.165, 1.54) is 0 Å². The van der Waals surface area contributed by atoms with Crippen LogP contribution in [-0.2, 0) is 6.61 Å². The van der Waals surface area contributed by atoms with Gasteiger partial charge in [0.1, 0.15) is 23.7 Å². The van der Waals surface area contributed by atoms with Gasteiger partial charge in [-0.2, -0.15) is 9.61 Å². The van der Waals surface area contributed by atoms with Crippen molar-refractivity contribution in [1.29, 1.82) is 0 Å². The zero-order valence-corrected chi connectivity index (χ0v) is 20.7. The molecule has 3 aromatic heterocycles. The largest absolute Gasteiger partial charge is 0.487 e. The predicted octanol–water partition coefficient (Wildman–Crippen LogP) is 6.12. The van der Waals surface area contributed by atoms with Gasteiger partial charge in [-0.3, -0.25) is 4.98 Å². The Morgan fingerprint density at radius 2 is 1.66 bits per heavy atom. The maximum Gasteiger partial charge on any atom is 0.192 e. The van der Waals surface area contributed by atoms with Crippen molar-refractivity contribution in [2.75, 3.05) is 0 Å². The Labute approximate surface area is 204 Å². The molecule has 35 heavy (non-hydrogen) atoms. The summed E-state index contributed by atoms with van der Waals surface area (Å²) < 4.78 is 14.2. The van der Waals surface area contributed by atoms with Gasteiger partial charge >= 0.3 is 0 Å². The molecule has 0 saturated carbocycles. The minimum absolute atomic E-state index is 0.0181. The highest BCUT2D eigenvalue weighted by Crippen LogP contribution is 2.36. The smallest absolute Gasteiger partial charge is 0.192 e. The van der Waals surface area contributed by atoms with Gasteiger partial charge in [-0.1, -0.05) is 51.1 Å². The summed E-state index contributed by atoms with van der Waals surface area (Å²) in [7, 11) is 0. The summed E-state index contributed by atoms with van der Waals surface area (Å²) in [5, 5.41) is 14.2. The van der Waals surface area contributed by atoms with E-state index in [1.54, 1.807) is 10.7 Å². The van der Waals surface area contributed by atoms with Crippen LogP contribution in [0, 0.1) is 5.41 Å². The van der Waals surface area contributed by atoms with Crippen LogP contribution in [0.1, 0.15) is 40.4 Å². The van der Waals surface area contributed by atoms with Crippen molar-refractivity contribution >= 4 is 16.6 Å². The van der Waals surface area contributed by atoms with Crippen molar-refractivity contribution in [3.8, 4) is 22.8 Å². The molecule has 0 bridgehead atoms. The zero-order valence-electron chi connectivity index (χ0n) is 20.7. The van der Waals surface area contributed by atoms with Crippen LogP contribution in [0.25, 0.3) is 27.8 Å². The topological polar surface area (TPSA) is 74.4 Å². The van der Waals surface area contributed by atoms with Crippen molar-refractivity contribution in [2.45, 2.75) is 46.8 Å². The van der Waals surface area contributed by atoms with Gasteiger partial charge in [0.05, 0.1) is 11.2 Å². The molecule has 5 rings (SSSR count). The standard InChI is InChI=1S/C28H29N5O2/c1-27(2,3)28(4,5)35-20-11-12-21-23(17-20)29-16-15-24(21)34-18-26-31-30-25-14-13-22(32-33(25)26)19-9-7-6-8-10-19/h6-17H,18H2,1-5H3. The second-order valence-corrected chi connectivity index (χ2v) is 10.1. The molecule has 2 aromatic carbocycles. The first-order chi connectivity index (χ1) is 16.7. The fourth-order valence-corrected chi connectivity index (χ4v) is 3.57. The second kappa shape index (κ2) is 8.65. The molecule has 0 fully saturated rings. The van der Waals surface area contributed by atoms with Gasteiger partial charge in [0, 0.05) is 28.6 Å². The molecule has 0 amide bonds. The maximum absolute atomic E-state index is 6.32. The molecule has 178 valence electrons. The summed E-state index contributed by atoms with van der Waals surface area (Å²) in [4.78, 5) is 4.53. The minimum Gasteiger partial charge on any atom is -0.487 e. The molecule has 7 nitrogen and oxygen atoms in total. The third kappa shape index (κ3) is 4.54. The molecule has 0 aliphatic carbocycles. The van der Waals surface area contributed by atoms with Crippen molar-refractivity contribution in [1.82, 2.24) is 24.8 Å². The zero-order chi connectivity index (χ0) is 24.6. The Hall–Kier alpha value is -4.00. The predicted molar refractivity (Wildman–Crippen MR) is 136 cm³/mol. The summed E-state index contributed by atoms with van der Waals surface area (Å²) in [6.07, 6.45) is 1.74. The first-order valence-corrected chi connectivity index (χ1v) is 11.7. The number of ether oxygens (including phenoxy) is 2. The number of benzene rings is 2. The average Bonchev–Trinajstić information content (AvgIpc) is 3.24. The average molecular weight is 468 g/mol. The van der Waals surface area contributed by atoms with Crippen LogP contribution in [0.4, 0.5) is 0 Å². The Morgan fingerprint density at radius 3 is 2.43 bits per heavy atom. The van der Waals surface area contributed by atoms with Crippen molar-refractivity contribution < 1.29 is 9.47 Å². The number of aromatic nitrogens is 5. The van der Waals surface area contributed by atoms with E-state index in [0.717, 1.165) is 27.9 Å². The molecule has 3 heterocycles. The van der Waals surface area contributed by atoms with Crippen LogP contribution in [0.15, 0.2) is 72.9 Å². The van der Waals surface area contributed by atoms with Gasteiger partial charge in [-0.25, -0.2) is 0 Å². The van der Waals surface area contributed by atoms with E-state index in [2.05, 4.69) is 49.8 Å². The third-order valence-electron chi connectivity index (χ3n) is 6.61. The van der Waals surface area contributed by atoms with E-state index in [0.29, 0.717) is 17.2 Å². The van der Waals surface area contributed by atoms with Gasteiger partial charge in [0.25, 0.3) is 0 Å². The van der Waals surface area contributed by atoms with Crippen LogP contribution < -0.4 is 9.47 Å². The lowest BCUT2D eigenvalue weighted by molar-refractivity contribution is 0.000914. The molecular weight excluding hydrogens is 438 g/mol. The highest BCUT2D eigenvalue weighted by molar-refractivity contribution is 5.86. The Kier molecular flexibility index (Phi) is 5.63. The van der Waals surface area contributed by atoms with Crippen molar-refractivity contribution in [3.63, 3.8) is 0 Å². The number of nitrogens with zero attached hydrogens (tertiary/aromatic N) is 5. The molecular formula is C28H29N5O2. The highest BCUT2D eigenvalue weighted by Gasteiger charge is 2.35. The monoisotopic (exact) mass is 467 g/mol. The van der Waals surface area contributed by atoms with Gasteiger partial charge in [-0.05, 0) is 44.2 Å². The summed E-state index contributed by atoms with van der Waals surface area (Å²) in [6, 6.07) is 21.6. The minimum atomic E-state index is -0.338. The summed E-state index contributed by atoms with van der Waals surface area (Å²) >= 11 is 0. The number of pyridine rings is 1. The van der Waals surface area contributed by atoms with Gasteiger partial charge in [-0.15, -0.1) is 10.2 Å². The van der Waals surface area contributed by atoms with Gasteiger partial charge < -0.3 is 9.47 Å². The molecule has 0 radical (unpaired) electrons. The third-order valence-corrected chi connectivity index (χ3v) is 6.61. The lowest BCUT2D eigenvalue weighted by atomic mass is 9.79. The quantitative estimate of drug-likeness (QED) is 0.299. The Bertz CT molecular complexity index is 1490. The number of fused-ring (bicyclic) bond motifs is 2. The Balaban J connectivity index is 1.39. The molecule has 7 heteroatoms. The number of hydrogen-bond donors (Lipinski definition) is 0. The van der Waals surface area contributed by atoms with Crippen molar-refractivity contribution in [3.05, 3.63) is 78.8 Å². The van der Waals surface area contributed by atoms with Crippen LogP contribution >= 0.6 is 0 Å². The summed E-state index contributed by atoms with van der Waals surface area (Å²) in [5.41, 5.74) is 3.00. The molecule has 0 aliphatic heterocycles. The summed E-state index contributed by atoms with van der Waals surface area (Å²) in [6.45, 7) is 10.9. The molecule has 0 aliphatic rings. The summed E-state index contributed by atoms with van der Waals surface area (Å²) in [5.74, 6) is 2.12. The fourth-order valence-electron chi connectivity index (χ4n) is 3.57. The van der Waals surface area contributed by atoms with Crippen LogP contribution in [0.3, 0.4) is 0 Å². The lowest BCUT2D eigenvalue weighted by Crippen LogP contribution is -2.42. The van der Waals surface area contributed by atoms with Crippen LogP contribution in [-0.4, -0.2) is 30.4 Å². The lowest BCUT2D eigenvalue weighted by Gasteiger charge is -2.39. The van der Waals surface area contributed by atoms with Crippen LogP contribution in [0.5, 0.6) is 11.5 Å². The van der Waals surface area contributed by atoms with Crippen LogP contribution in [0.2, 0.25) is 0 Å². The second-order valence-electron chi connectivity index (χ2n) is 10.1. The SMILES string of the molecule is CC(C)(C)C(C)(C)Oc1ccc2c(OCc3nnc4ccc(-c5ccccc5)nn34)ccnc2c1.